The van der Waals surface area contributed by atoms with Crippen molar-refractivity contribution < 1.29 is 0 Å². The van der Waals surface area contributed by atoms with E-state index in [0.29, 0.717) is 11.4 Å². The van der Waals surface area contributed by atoms with E-state index in [0.717, 1.165) is 33.2 Å². The van der Waals surface area contributed by atoms with E-state index in [1.54, 1.807) is 0 Å². The SMILES string of the molecule is Nc1ccc(-c2nc3ccccc3c3cc4ccccn4c23)cc1N. The van der Waals surface area contributed by atoms with Gasteiger partial charge in [-0.1, -0.05) is 30.3 Å². The zero-order chi connectivity index (χ0) is 17.0. The fraction of sp³-hybridized carbons (Fsp3) is 0. The molecular formula is C21H16N4. The van der Waals surface area contributed by atoms with E-state index < -0.39 is 0 Å². The summed E-state index contributed by atoms with van der Waals surface area (Å²) in [5, 5.41) is 2.33. The van der Waals surface area contributed by atoms with Crippen LogP contribution in [0.15, 0.2) is 72.9 Å². The van der Waals surface area contributed by atoms with Gasteiger partial charge in [-0.15, -0.1) is 0 Å². The quantitative estimate of drug-likeness (QED) is 0.447. The number of benzene rings is 2. The fourth-order valence-corrected chi connectivity index (χ4v) is 3.47. The Bertz CT molecular complexity index is 1270. The minimum atomic E-state index is 0.571. The van der Waals surface area contributed by atoms with Crippen molar-refractivity contribution in [1.29, 1.82) is 0 Å². The van der Waals surface area contributed by atoms with Gasteiger partial charge in [-0.05, 0) is 36.4 Å². The average Bonchev–Trinajstić information content (AvgIpc) is 3.03. The molecule has 0 aliphatic rings. The second-order valence-corrected chi connectivity index (χ2v) is 6.22. The lowest BCUT2D eigenvalue weighted by Crippen LogP contribution is -1.96. The number of hydrogen-bond acceptors (Lipinski definition) is 3. The Morgan fingerprint density at radius 2 is 1.60 bits per heavy atom. The average molecular weight is 324 g/mol. The fourth-order valence-electron chi connectivity index (χ4n) is 3.47. The summed E-state index contributed by atoms with van der Waals surface area (Å²) in [7, 11) is 0. The summed E-state index contributed by atoms with van der Waals surface area (Å²) in [5.41, 5.74) is 18.2. The number of aromatic nitrogens is 2. The number of nitrogen functional groups attached to an aromatic ring is 2. The van der Waals surface area contributed by atoms with E-state index >= 15 is 0 Å². The van der Waals surface area contributed by atoms with Gasteiger partial charge in [0.25, 0.3) is 0 Å². The van der Waals surface area contributed by atoms with Gasteiger partial charge in [0.1, 0.15) is 0 Å². The largest absolute Gasteiger partial charge is 0.397 e. The van der Waals surface area contributed by atoms with E-state index in [1.807, 2.05) is 48.5 Å². The lowest BCUT2D eigenvalue weighted by atomic mass is 10.0. The molecule has 4 heteroatoms. The smallest absolute Gasteiger partial charge is 0.0956 e. The Morgan fingerprint density at radius 1 is 0.760 bits per heavy atom. The first kappa shape index (κ1) is 13.9. The molecule has 4 N–H and O–H groups in total. The van der Waals surface area contributed by atoms with Crippen LogP contribution in [0, 0.1) is 0 Å². The molecule has 0 unspecified atom stereocenters. The Balaban J connectivity index is 2.00. The molecule has 0 saturated heterocycles. The number of fused-ring (bicyclic) bond motifs is 5. The molecule has 5 rings (SSSR count). The first-order valence-corrected chi connectivity index (χ1v) is 8.16. The van der Waals surface area contributed by atoms with Crippen LogP contribution in [-0.4, -0.2) is 9.38 Å². The first-order valence-electron chi connectivity index (χ1n) is 8.16. The second kappa shape index (κ2) is 4.98. The summed E-state index contributed by atoms with van der Waals surface area (Å²) < 4.78 is 2.18. The summed E-state index contributed by atoms with van der Waals surface area (Å²) in [4.78, 5) is 4.95. The highest BCUT2D eigenvalue weighted by atomic mass is 14.9. The van der Waals surface area contributed by atoms with Crippen molar-refractivity contribution in [1.82, 2.24) is 9.38 Å². The summed E-state index contributed by atoms with van der Waals surface area (Å²) in [6.45, 7) is 0. The highest BCUT2D eigenvalue weighted by Gasteiger charge is 2.15. The van der Waals surface area contributed by atoms with Crippen molar-refractivity contribution in [3.63, 3.8) is 0 Å². The Kier molecular flexibility index (Phi) is 2.76. The van der Waals surface area contributed by atoms with Crippen LogP contribution < -0.4 is 11.5 Å². The van der Waals surface area contributed by atoms with E-state index in [-0.39, 0.29) is 0 Å². The van der Waals surface area contributed by atoms with Gasteiger partial charge in [-0.2, -0.15) is 0 Å². The van der Waals surface area contributed by atoms with Gasteiger partial charge < -0.3 is 15.9 Å². The van der Waals surface area contributed by atoms with Crippen LogP contribution in [0.2, 0.25) is 0 Å². The molecule has 3 aromatic heterocycles. The molecule has 0 spiro atoms. The molecule has 0 atom stereocenters. The Morgan fingerprint density at radius 3 is 2.48 bits per heavy atom. The molecule has 0 saturated carbocycles. The Hall–Kier alpha value is -3.53. The van der Waals surface area contributed by atoms with E-state index in [2.05, 4.69) is 28.8 Å². The van der Waals surface area contributed by atoms with E-state index in [1.165, 1.54) is 5.39 Å². The molecule has 0 fully saturated rings. The number of rotatable bonds is 1. The third-order valence-electron chi connectivity index (χ3n) is 4.69. The summed E-state index contributed by atoms with van der Waals surface area (Å²) >= 11 is 0. The normalized spacial score (nSPS) is 11.5. The maximum atomic E-state index is 6.04. The number of anilines is 2. The lowest BCUT2D eigenvalue weighted by molar-refractivity contribution is 1.24. The van der Waals surface area contributed by atoms with E-state index in [4.69, 9.17) is 16.5 Å². The zero-order valence-electron chi connectivity index (χ0n) is 13.5. The van der Waals surface area contributed by atoms with Gasteiger partial charge >= 0.3 is 0 Å². The predicted molar refractivity (Wildman–Crippen MR) is 104 cm³/mol. The molecule has 120 valence electrons. The van der Waals surface area contributed by atoms with Crippen molar-refractivity contribution in [2.45, 2.75) is 0 Å². The number of nitrogens with zero attached hydrogens (tertiary/aromatic N) is 2. The molecule has 0 aliphatic heterocycles. The topological polar surface area (TPSA) is 69.3 Å². The molecule has 4 nitrogen and oxygen atoms in total. The van der Waals surface area contributed by atoms with Crippen LogP contribution in [0.25, 0.3) is 38.6 Å². The molecule has 2 aromatic carbocycles. The molecule has 25 heavy (non-hydrogen) atoms. The highest BCUT2D eigenvalue weighted by Crippen LogP contribution is 2.35. The number of nitrogens with two attached hydrogens (primary N) is 2. The zero-order valence-corrected chi connectivity index (χ0v) is 13.5. The summed E-state index contributed by atoms with van der Waals surface area (Å²) in [6, 6.07) is 22.3. The van der Waals surface area contributed by atoms with Crippen LogP contribution in [-0.2, 0) is 0 Å². The van der Waals surface area contributed by atoms with Crippen LogP contribution >= 0.6 is 0 Å². The van der Waals surface area contributed by atoms with Crippen molar-refractivity contribution in [2.24, 2.45) is 0 Å². The first-order chi connectivity index (χ1) is 12.2. The van der Waals surface area contributed by atoms with Crippen LogP contribution in [0.5, 0.6) is 0 Å². The number of hydrogen-bond donors (Lipinski definition) is 2. The van der Waals surface area contributed by atoms with Gasteiger partial charge in [0.15, 0.2) is 0 Å². The van der Waals surface area contributed by atoms with Crippen LogP contribution in [0.3, 0.4) is 0 Å². The number of para-hydroxylation sites is 1. The van der Waals surface area contributed by atoms with Crippen molar-refractivity contribution >= 4 is 38.7 Å². The van der Waals surface area contributed by atoms with Crippen LogP contribution in [0.4, 0.5) is 11.4 Å². The predicted octanol–water partition coefficient (Wildman–Crippen LogP) is 4.47. The van der Waals surface area contributed by atoms with Gasteiger partial charge in [0, 0.05) is 28.0 Å². The van der Waals surface area contributed by atoms with Crippen molar-refractivity contribution in [2.75, 3.05) is 11.5 Å². The summed E-state index contributed by atoms with van der Waals surface area (Å²) in [6.07, 6.45) is 2.07. The van der Waals surface area contributed by atoms with Crippen LogP contribution in [0.1, 0.15) is 0 Å². The summed E-state index contributed by atoms with van der Waals surface area (Å²) in [5.74, 6) is 0. The molecule has 5 aromatic rings. The number of pyridine rings is 2. The molecule has 0 bridgehead atoms. The minimum absolute atomic E-state index is 0.571. The molecule has 0 radical (unpaired) electrons. The standard InChI is InChI=1S/C21H16N4/c22-17-9-8-13(11-18(17)23)20-21-16(12-14-5-3-4-10-25(14)21)15-6-1-2-7-19(15)24-20/h1-12H,22-23H2. The molecule has 3 heterocycles. The highest BCUT2D eigenvalue weighted by molar-refractivity contribution is 6.12. The molecular weight excluding hydrogens is 308 g/mol. The molecule has 0 amide bonds. The van der Waals surface area contributed by atoms with Gasteiger partial charge in [0.2, 0.25) is 0 Å². The Labute approximate surface area is 144 Å². The van der Waals surface area contributed by atoms with Gasteiger partial charge in [-0.3, -0.25) is 0 Å². The van der Waals surface area contributed by atoms with Crippen molar-refractivity contribution in [3.05, 3.63) is 72.9 Å². The van der Waals surface area contributed by atoms with E-state index in [9.17, 15) is 0 Å². The molecule has 0 aliphatic carbocycles. The van der Waals surface area contributed by atoms with Gasteiger partial charge in [0.05, 0.1) is 28.1 Å². The maximum absolute atomic E-state index is 6.04. The monoisotopic (exact) mass is 324 g/mol. The lowest BCUT2D eigenvalue weighted by Gasteiger charge is -2.10. The maximum Gasteiger partial charge on any atom is 0.0956 e. The minimum Gasteiger partial charge on any atom is -0.397 e. The van der Waals surface area contributed by atoms with Gasteiger partial charge in [-0.25, -0.2) is 4.98 Å². The third-order valence-corrected chi connectivity index (χ3v) is 4.69. The third kappa shape index (κ3) is 1.97. The second-order valence-electron chi connectivity index (χ2n) is 6.22. The van der Waals surface area contributed by atoms with Crippen molar-refractivity contribution in [3.8, 4) is 11.3 Å².